The van der Waals surface area contributed by atoms with Crippen molar-refractivity contribution < 1.29 is 0 Å². The first-order valence-electron chi connectivity index (χ1n) is 6.94. The quantitative estimate of drug-likeness (QED) is 0.840. The molecule has 0 unspecified atom stereocenters. The number of hydrogen-bond acceptors (Lipinski definition) is 4. The van der Waals surface area contributed by atoms with Crippen molar-refractivity contribution in [3.05, 3.63) is 11.9 Å². The Hall–Kier alpha value is -1.32. The standard InChI is InChI=1S/C14H24N4/c1-5-18(8-11-6-7-11)14-12(10(2)3)13(15-4)16-9-17-14/h9-11H,5-8H2,1-4H3,(H,15,16,17). The van der Waals surface area contributed by atoms with E-state index in [1.54, 1.807) is 6.33 Å². The third-order valence-corrected chi connectivity index (χ3v) is 3.53. The van der Waals surface area contributed by atoms with Crippen LogP contribution in [0.15, 0.2) is 6.33 Å². The molecule has 0 atom stereocenters. The van der Waals surface area contributed by atoms with Gasteiger partial charge in [-0.05, 0) is 31.6 Å². The lowest BCUT2D eigenvalue weighted by molar-refractivity contribution is 0.716. The Balaban J connectivity index is 2.33. The molecule has 2 rings (SSSR count). The van der Waals surface area contributed by atoms with Crippen LogP contribution >= 0.6 is 0 Å². The molecule has 4 nitrogen and oxygen atoms in total. The molecule has 1 saturated carbocycles. The van der Waals surface area contributed by atoms with Gasteiger partial charge < -0.3 is 10.2 Å². The van der Waals surface area contributed by atoms with Crippen molar-refractivity contribution in [3.8, 4) is 0 Å². The van der Waals surface area contributed by atoms with E-state index in [2.05, 4.69) is 41.0 Å². The largest absolute Gasteiger partial charge is 0.373 e. The Morgan fingerprint density at radius 1 is 1.39 bits per heavy atom. The minimum Gasteiger partial charge on any atom is -0.373 e. The summed E-state index contributed by atoms with van der Waals surface area (Å²) in [7, 11) is 1.93. The fraction of sp³-hybridized carbons (Fsp3) is 0.714. The molecule has 0 radical (unpaired) electrons. The molecule has 1 aromatic heterocycles. The maximum Gasteiger partial charge on any atom is 0.137 e. The van der Waals surface area contributed by atoms with Gasteiger partial charge in [0.1, 0.15) is 18.0 Å². The molecular weight excluding hydrogens is 224 g/mol. The van der Waals surface area contributed by atoms with Gasteiger partial charge in [-0.3, -0.25) is 0 Å². The van der Waals surface area contributed by atoms with Crippen LogP contribution in [0.25, 0.3) is 0 Å². The van der Waals surface area contributed by atoms with Crippen molar-refractivity contribution in [3.63, 3.8) is 0 Å². The zero-order chi connectivity index (χ0) is 13.1. The van der Waals surface area contributed by atoms with Crippen LogP contribution in [0.2, 0.25) is 0 Å². The normalized spacial score (nSPS) is 14.9. The van der Waals surface area contributed by atoms with Crippen molar-refractivity contribution in [2.24, 2.45) is 5.92 Å². The van der Waals surface area contributed by atoms with E-state index in [4.69, 9.17) is 0 Å². The van der Waals surface area contributed by atoms with Crippen molar-refractivity contribution in [1.29, 1.82) is 0 Å². The molecule has 1 N–H and O–H groups in total. The average Bonchev–Trinajstić information content (AvgIpc) is 3.18. The average molecular weight is 248 g/mol. The summed E-state index contributed by atoms with van der Waals surface area (Å²) in [4.78, 5) is 11.3. The predicted molar refractivity (Wildman–Crippen MR) is 76.3 cm³/mol. The lowest BCUT2D eigenvalue weighted by Crippen LogP contribution is -2.28. The van der Waals surface area contributed by atoms with Crippen molar-refractivity contribution >= 4 is 11.6 Å². The molecule has 1 aromatic rings. The monoisotopic (exact) mass is 248 g/mol. The molecular formula is C14H24N4. The summed E-state index contributed by atoms with van der Waals surface area (Å²) in [6, 6.07) is 0. The molecule has 0 aromatic carbocycles. The van der Waals surface area contributed by atoms with Gasteiger partial charge in [0.2, 0.25) is 0 Å². The first-order valence-corrected chi connectivity index (χ1v) is 6.94. The van der Waals surface area contributed by atoms with Crippen LogP contribution in [0.5, 0.6) is 0 Å². The van der Waals surface area contributed by atoms with E-state index in [1.807, 2.05) is 7.05 Å². The molecule has 0 amide bonds. The Labute approximate surface area is 110 Å². The second kappa shape index (κ2) is 5.55. The minimum atomic E-state index is 0.428. The lowest BCUT2D eigenvalue weighted by atomic mass is 10.0. The summed E-state index contributed by atoms with van der Waals surface area (Å²) in [6.07, 6.45) is 4.41. The number of nitrogens with one attached hydrogen (secondary N) is 1. The molecule has 0 aliphatic heterocycles. The van der Waals surface area contributed by atoms with E-state index in [1.165, 1.54) is 18.4 Å². The number of rotatable bonds is 6. The Bertz CT molecular complexity index is 399. The van der Waals surface area contributed by atoms with Crippen LogP contribution in [0.3, 0.4) is 0 Å². The SMILES string of the molecule is CCN(CC1CC1)c1ncnc(NC)c1C(C)C. The second-order valence-electron chi connectivity index (χ2n) is 5.35. The van der Waals surface area contributed by atoms with Crippen LogP contribution < -0.4 is 10.2 Å². The first-order chi connectivity index (χ1) is 8.67. The minimum absolute atomic E-state index is 0.428. The molecule has 1 aliphatic carbocycles. The van der Waals surface area contributed by atoms with E-state index < -0.39 is 0 Å². The van der Waals surface area contributed by atoms with E-state index in [-0.39, 0.29) is 0 Å². The maximum absolute atomic E-state index is 4.54. The highest BCUT2D eigenvalue weighted by Crippen LogP contribution is 2.35. The van der Waals surface area contributed by atoms with Crippen LogP contribution in [0.4, 0.5) is 11.6 Å². The number of aromatic nitrogens is 2. The number of hydrogen-bond donors (Lipinski definition) is 1. The molecule has 0 spiro atoms. The predicted octanol–water partition coefficient (Wildman–Crippen LogP) is 2.88. The molecule has 1 aliphatic rings. The first kappa shape index (κ1) is 13.1. The van der Waals surface area contributed by atoms with Gasteiger partial charge in [0.05, 0.1) is 0 Å². The van der Waals surface area contributed by atoms with Gasteiger partial charge >= 0.3 is 0 Å². The lowest BCUT2D eigenvalue weighted by Gasteiger charge is -2.26. The summed E-state index contributed by atoms with van der Waals surface area (Å²) in [5, 5.41) is 3.19. The van der Waals surface area contributed by atoms with Crippen LogP contribution in [-0.2, 0) is 0 Å². The van der Waals surface area contributed by atoms with E-state index >= 15 is 0 Å². The number of anilines is 2. The highest BCUT2D eigenvalue weighted by Gasteiger charge is 2.26. The van der Waals surface area contributed by atoms with Gasteiger partial charge in [-0.25, -0.2) is 9.97 Å². The van der Waals surface area contributed by atoms with Gasteiger partial charge in [-0.15, -0.1) is 0 Å². The van der Waals surface area contributed by atoms with Crippen molar-refractivity contribution in [2.45, 2.75) is 39.5 Å². The van der Waals surface area contributed by atoms with E-state index in [9.17, 15) is 0 Å². The summed E-state index contributed by atoms with van der Waals surface area (Å²) in [6.45, 7) is 8.75. The Morgan fingerprint density at radius 2 is 2.11 bits per heavy atom. The van der Waals surface area contributed by atoms with Crippen LogP contribution in [-0.4, -0.2) is 30.1 Å². The summed E-state index contributed by atoms with van der Waals surface area (Å²) in [5.41, 5.74) is 1.24. The van der Waals surface area contributed by atoms with Gasteiger partial charge in [-0.1, -0.05) is 13.8 Å². The molecule has 18 heavy (non-hydrogen) atoms. The topological polar surface area (TPSA) is 41.1 Å². The Kier molecular flexibility index (Phi) is 4.04. The second-order valence-corrected chi connectivity index (χ2v) is 5.35. The Morgan fingerprint density at radius 3 is 2.61 bits per heavy atom. The molecule has 0 saturated heterocycles. The molecule has 100 valence electrons. The van der Waals surface area contributed by atoms with Gasteiger partial charge in [0, 0.05) is 25.7 Å². The number of nitrogens with zero attached hydrogens (tertiary/aromatic N) is 3. The molecule has 4 heteroatoms. The molecule has 0 bridgehead atoms. The zero-order valence-corrected chi connectivity index (χ0v) is 11.9. The summed E-state index contributed by atoms with van der Waals surface area (Å²) in [5.74, 6) is 3.37. The fourth-order valence-corrected chi connectivity index (χ4v) is 2.35. The maximum atomic E-state index is 4.54. The third kappa shape index (κ3) is 2.74. The van der Waals surface area contributed by atoms with Crippen molar-refractivity contribution in [1.82, 2.24) is 9.97 Å². The van der Waals surface area contributed by atoms with E-state index in [0.717, 1.165) is 30.6 Å². The zero-order valence-electron chi connectivity index (χ0n) is 11.9. The highest BCUT2D eigenvalue weighted by molar-refractivity contribution is 5.60. The van der Waals surface area contributed by atoms with E-state index in [0.29, 0.717) is 5.92 Å². The summed E-state index contributed by atoms with van der Waals surface area (Å²) >= 11 is 0. The molecule has 1 heterocycles. The highest BCUT2D eigenvalue weighted by atomic mass is 15.2. The third-order valence-electron chi connectivity index (χ3n) is 3.53. The fourth-order valence-electron chi connectivity index (χ4n) is 2.35. The smallest absolute Gasteiger partial charge is 0.137 e. The van der Waals surface area contributed by atoms with Gasteiger partial charge in [0.25, 0.3) is 0 Å². The van der Waals surface area contributed by atoms with Gasteiger partial charge in [0.15, 0.2) is 0 Å². The van der Waals surface area contributed by atoms with Crippen LogP contribution in [0.1, 0.15) is 45.1 Å². The summed E-state index contributed by atoms with van der Waals surface area (Å²) < 4.78 is 0. The van der Waals surface area contributed by atoms with Crippen LogP contribution in [0, 0.1) is 5.92 Å². The molecule has 1 fully saturated rings. The van der Waals surface area contributed by atoms with Crippen molar-refractivity contribution in [2.75, 3.05) is 30.4 Å². The van der Waals surface area contributed by atoms with Gasteiger partial charge in [-0.2, -0.15) is 0 Å².